The minimum absolute atomic E-state index is 0.0401. The van der Waals surface area contributed by atoms with Gasteiger partial charge in [-0.15, -0.1) is 0 Å². The zero-order valence-corrected chi connectivity index (χ0v) is 28.7. The summed E-state index contributed by atoms with van der Waals surface area (Å²) in [4.78, 5) is 28.8. The summed E-state index contributed by atoms with van der Waals surface area (Å²) in [6.45, 7) is 14.7. The molecule has 3 aromatic rings. The van der Waals surface area contributed by atoms with E-state index in [1.165, 1.54) is 46.0 Å². The van der Waals surface area contributed by atoms with E-state index in [1.807, 2.05) is 0 Å². The molecule has 2 fully saturated rings. The monoisotopic (exact) mass is 630 g/mol. The Bertz CT molecular complexity index is 1720. The maximum atomic E-state index is 13.3. The fourth-order valence-electron chi connectivity index (χ4n) is 10.5. The van der Waals surface area contributed by atoms with Crippen LogP contribution in [-0.2, 0) is 5.41 Å². The average molecular weight is 631 g/mol. The van der Waals surface area contributed by atoms with Crippen molar-refractivity contribution in [2.75, 3.05) is 97.5 Å². The van der Waals surface area contributed by atoms with E-state index in [9.17, 15) is 4.79 Å². The summed E-state index contributed by atoms with van der Waals surface area (Å²) in [6, 6.07) is 23.0. The highest BCUT2D eigenvalue weighted by molar-refractivity contribution is 5.96. The maximum Gasteiger partial charge on any atom is 0.162 e. The van der Waals surface area contributed by atoms with E-state index < -0.39 is 0 Å². The van der Waals surface area contributed by atoms with E-state index in [-0.39, 0.29) is 16.7 Å². The molecular weight excluding hydrogens is 580 g/mol. The largest absolute Gasteiger partial charge is 0.371 e. The second-order valence-electron chi connectivity index (χ2n) is 15.7. The smallest absolute Gasteiger partial charge is 0.162 e. The molecule has 0 unspecified atom stereocenters. The van der Waals surface area contributed by atoms with Gasteiger partial charge in [0.2, 0.25) is 0 Å². The number of anilines is 5. The van der Waals surface area contributed by atoms with Gasteiger partial charge in [-0.25, -0.2) is 0 Å². The molecule has 2 saturated heterocycles. The van der Waals surface area contributed by atoms with Crippen molar-refractivity contribution < 1.29 is 4.79 Å². The topological polar surface area (TPSA) is 36.5 Å². The van der Waals surface area contributed by atoms with Crippen LogP contribution in [0.3, 0.4) is 0 Å². The molecule has 246 valence electrons. The lowest BCUT2D eigenvalue weighted by molar-refractivity contribution is 0.0971. The summed E-state index contributed by atoms with van der Waals surface area (Å²) in [5.41, 5.74) is 11.0. The second kappa shape index (κ2) is 10.6. The Kier molecular flexibility index (Phi) is 6.67. The van der Waals surface area contributed by atoms with Crippen molar-refractivity contribution in [2.45, 2.75) is 62.4 Å². The van der Waals surface area contributed by atoms with Crippen molar-refractivity contribution in [1.29, 1.82) is 0 Å². The van der Waals surface area contributed by atoms with Gasteiger partial charge in [-0.3, -0.25) is 4.79 Å². The molecule has 0 N–H and O–H groups in total. The fraction of sp³-hybridized carbons (Fsp3) is 0.525. The maximum absolute atomic E-state index is 13.3. The summed E-state index contributed by atoms with van der Waals surface area (Å²) >= 11 is 0. The van der Waals surface area contributed by atoms with Gasteiger partial charge in [0.05, 0.1) is 28.3 Å². The van der Waals surface area contributed by atoms with E-state index in [2.05, 4.69) is 118 Å². The van der Waals surface area contributed by atoms with Gasteiger partial charge in [-0.1, -0.05) is 31.2 Å². The van der Waals surface area contributed by atoms with E-state index in [4.69, 9.17) is 0 Å². The van der Waals surface area contributed by atoms with Gasteiger partial charge < -0.3 is 29.4 Å². The van der Waals surface area contributed by atoms with Crippen molar-refractivity contribution in [1.82, 2.24) is 4.90 Å². The van der Waals surface area contributed by atoms with Crippen LogP contribution in [0.1, 0.15) is 66.9 Å². The van der Waals surface area contributed by atoms with Crippen LogP contribution in [0.15, 0.2) is 60.7 Å². The number of para-hydroxylation sites is 2. The lowest BCUT2D eigenvalue weighted by Gasteiger charge is -2.54. The molecule has 0 radical (unpaired) electrons. The third-order valence-electron chi connectivity index (χ3n) is 13.4. The zero-order chi connectivity index (χ0) is 32.1. The molecule has 0 aliphatic carbocycles. The van der Waals surface area contributed by atoms with Crippen molar-refractivity contribution >= 4 is 34.2 Å². The van der Waals surface area contributed by atoms with Crippen LogP contribution in [0.25, 0.3) is 0 Å². The predicted octanol–water partition coefficient (Wildman–Crippen LogP) is 5.97. The Morgan fingerprint density at radius 2 is 1.57 bits per heavy atom. The molecule has 0 saturated carbocycles. The van der Waals surface area contributed by atoms with Crippen LogP contribution >= 0.6 is 0 Å². The number of piperidine rings is 2. The molecule has 0 spiro atoms. The Labute approximate surface area is 280 Å². The molecule has 0 aromatic heterocycles. The molecule has 3 aromatic carbocycles. The average Bonchev–Trinajstić information content (AvgIpc) is 3.51. The van der Waals surface area contributed by atoms with Crippen molar-refractivity contribution in [3.8, 4) is 0 Å². The first-order valence-corrected chi connectivity index (χ1v) is 18.1. The molecule has 0 amide bonds. The second-order valence-corrected chi connectivity index (χ2v) is 15.7. The summed E-state index contributed by atoms with van der Waals surface area (Å²) in [5, 5.41) is 0. The Morgan fingerprint density at radius 1 is 0.830 bits per heavy atom. The molecule has 6 aliphatic rings. The van der Waals surface area contributed by atoms with E-state index in [0.29, 0.717) is 18.4 Å². The number of ketones is 1. The van der Waals surface area contributed by atoms with Crippen LogP contribution in [0, 0.1) is 0 Å². The highest BCUT2D eigenvalue weighted by atomic mass is 16.1. The van der Waals surface area contributed by atoms with Crippen LogP contribution in [-0.4, -0.2) is 95.3 Å². The lowest BCUT2D eigenvalue weighted by atomic mass is 9.65. The zero-order valence-electron chi connectivity index (χ0n) is 28.7. The molecule has 9 rings (SSSR count). The number of rotatable bonds is 6. The summed E-state index contributed by atoms with van der Waals surface area (Å²) in [7, 11) is 4.46. The minimum Gasteiger partial charge on any atom is -0.371 e. The minimum atomic E-state index is 0.0401. The molecule has 47 heavy (non-hydrogen) atoms. The Morgan fingerprint density at radius 3 is 2.38 bits per heavy atom. The summed E-state index contributed by atoms with van der Waals surface area (Å²) < 4.78 is 0. The first-order chi connectivity index (χ1) is 22.8. The molecule has 7 nitrogen and oxygen atoms in total. The number of likely N-dealkylation sites (tertiary alicyclic amines) is 1. The SMILES string of the molecule is CN1CCN2c3c(cccc31)[C@@H]1CN(CCCC(=O)c3ccc(N4CC[C@]5(C)N6CCN(C)c7cccc(c76)[C@]5(C)C4)cc3)CC[C@@H]12. The normalized spacial score (nSPS) is 29.1. The number of benzene rings is 3. The van der Waals surface area contributed by atoms with Crippen molar-refractivity contribution in [3.63, 3.8) is 0 Å². The molecular formula is C40H50N6O. The number of carbonyl (C=O) groups excluding carboxylic acids is 1. The number of hydrogen-bond acceptors (Lipinski definition) is 7. The van der Waals surface area contributed by atoms with Crippen LogP contribution in [0.2, 0.25) is 0 Å². The molecule has 4 atom stereocenters. The first kappa shape index (κ1) is 29.4. The number of nitrogens with zero attached hydrogens (tertiary/aromatic N) is 6. The van der Waals surface area contributed by atoms with Crippen molar-refractivity contribution in [3.05, 3.63) is 77.4 Å². The molecule has 7 heteroatoms. The molecule has 0 bridgehead atoms. The number of hydrogen-bond donors (Lipinski definition) is 0. The summed E-state index contributed by atoms with van der Waals surface area (Å²) in [5.74, 6) is 0.857. The first-order valence-electron chi connectivity index (χ1n) is 18.1. The number of likely N-dealkylation sites (N-methyl/N-ethyl adjacent to an activating group) is 2. The molecule has 6 heterocycles. The van der Waals surface area contributed by atoms with E-state index in [0.717, 1.165) is 77.3 Å². The molecule has 6 aliphatic heterocycles. The van der Waals surface area contributed by atoms with Gasteiger partial charge in [0.25, 0.3) is 0 Å². The highest BCUT2D eigenvalue weighted by Gasteiger charge is 2.60. The number of Topliss-reactive ketones (excluding diaryl/α,β-unsaturated/α-hetero) is 1. The van der Waals surface area contributed by atoms with Gasteiger partial charge >= 0.3 is 0 Å². The fourth-order valence-corrected chi connectivity index (χ4v) is 10.5. The van der Waals surface area contributed by atoms with Gasteiger partial charge in [0, 0.05) is 101 Å². The van der Waals surface area contributed by atoms with Crippen LogP contribution in [0.5, 0.6) is 0 Å². The number of carbonyl (C=O) groups is 1. The lowest BCUT2D eigenvalue weighted by Crippen LogP contribution is -2.64. The third-order valence-corrected chi connectivity index (χ3v) is 13.4. The van der Waals surface area contributed by atoms with Gasteiger partial charge in [-0.2, -0.15) is 0 Å². The van der Waals surface area contributed by atoms with Crippen LogP contribution in [0.4, 0.5) is 28.4 Å². The Hall–Kier alpha value is -3.71. The number of fused-ring (bicyclic) bond motifs is 6. The van der Waals surface area contributed by atoms with Gasteiger partial charge in [0.1, 0.15) is 0 Å². The summed E-state index contributed by atoms with van der Waals surface area (Å²) in [6.07, 6.45) is 3.88. The van der Waals surface area contributed by atoms with E-state index >= 15 is 0 Å². The van der Waals surface area contributed by atoms with Crippen LogP contribution < -0.4 is 24.5 Å². The highest BCUT2D eigenvalue weighted by Crippen LogP contribution is 2.59. The predicted molar refractivity (Wildman–Crippen MR) is 194 cm³/mol. The van der Waals surface area contributed by atoms with Gasteiger partial charge in [0.15, 0.2) is 5.78 Å². The van der Waals surface area contributed by atoms with Crippen molar-refractivity contribution in [2.24, 2.45) is 0 Å². The Balaban J connectivity index is 0.833. The quantitative estimate of drug-likeness (QED) is 0.311. The van der Waals surface area contributed by atoms with Gasteiger partial charge in [-0.05, 0) is 80.3 Å². The standard InChI is InChI=1S/C40H50N6O/c1-39-27-44(21-18-40(39,2)46-25-23-42(4)35-11-6-9-32(39)38(35)46)29-15-13-28(14-16-29)36(47)12-7-19-43-20-17-33-31(26-43)30-8-5-10-34-37(30)45(33)24-22-41(34)3/h5-6,8-11,13-16,31,33H,7,12,17-27H2,1-4H3/t31-,33-,39-,40-/m0/s1. The third kappa shape index (κ3) is 4.24. The van der Waals surface area contributed by atoms with E-state index in [1.54, 1.807) is 0 Å².